The number of benzene rings is 1. The summed E-state index contributed by atoms with van der Waals surface area (Å²) >= 11 is 5.10. The molecule has 0 fully saturated rings. The molecule has 1 heterocycles. The fraction of sp³-hybridized carbons (Fsp3) is 0.333. The molecule has 4 nitrogen and oxygen atoms in total. The maximum atomic E-state index is 5.36. The predicted molar refractivity (Wildman–Crippen MR) is 90.6 cm³/mol. The van der Waals surface area contributed by atoms with Crippen LogP contribution in [0.4, 0.5) is 0 Å². The molecule has 0 unspecified atom stereocenters. The van der Waals surface area contributed by atoms with Gasteiger partial charge in [0.2, 0.25) is 0 Å². The van der Waals surface area contributed by atoms with Crippen molar-refractivity contribution >= 4 is 27.7 Å². The Morgan fingerprint density at radius 1 is 1.33 bits per heavy atom. The van der Waals surface area contributed by atoms with Crippen LogP contribution < -0.4 is 0 Å². The Labute approximate surface area is 137 Å². The van der Waals surface area contributed by atoms with Crippen molar-refractivity contribution in [3.05, 3.63) is 41.4 Å². The van der Waals surface area contributed by atoms with E-state index in [2.05, 4.69) is 37.3 Å². The lowest BCUT2D eigenvalue weighted by Crippen LogP contribution is -2.02. The van der Waals surface area contributed by atoms with Crippen LogP contribution in [-0.2, 0) is 11.3 Å². The topological polar surface area (TPSA) is 39.9 Å². The van der Waals surface area contributed by atoms with E-state index in [9.17, 15) is 0 Å². The van der Waals surface area contributed by atoms with E-state index in [0.29, 0.717) is 6.54 Å². The van der Waals surface area contributed by atoms with Gasteiger partial charge >= 0.3 is 0 Å². The van der Waals surface area contributed by atoms with Crippen molar-refractivity contribution in [3.8, 4) is 11.4 Å². The zero-order valence-electron chi connectivity index (χ0n) is 12.0. The first-order chi connectivity index (χ1) is 10.3. The first-order valence-corrected chi connectivity index (χ1v) is 8.54. The average molecular weight is 368 g/mol. The quantitative estimate of drug-likeness (QED) is 0.401. The molecule has 2 aromatic rings. The molecule has 0 aliphatic rings. The molecule has 0 bridgehead atoms. The minimum atomic E-state index is 0.690. The molecule has 0 radical (unpaired) electrons. The van der Waals surface area contributed by atoms with E-state index in [1.807, 2.05) is 37.3 Å². The Morgan fingerprint density at radius 2 is 2.10 bits per heavy atom. The molecule has 2 rings (SSSR count). The van der Waals surface area contributed by atoms with Gasteiger partial charge in [-0.25, -0.2) is 0 Å². The smallest absolute Gasteiger partial charge is 0.191 e. The van der Waals surface area contributed by atoms with Gasteiger partial charge in [-0.2, -0.15) is 0 Å². The molecule has 0 aliphatic heterocycles. The molecular weight excluding hydrogens is 350 g/mol. The molecule has 0 spiro atoms. The van der Waals surface area contributed by atoms with Gasteiger partial charge in [0.05, 0.1) is 6.61 Å². The molecule has 6 heteroatoms. The minimum absolute atomic E-state index is 0.690. The summed E-state index contributed by atoms with van der Waals surface area (Å²) < 4.78 is 8.48. The summed E-state index contributed by atoms with van der Waals surface area (Å²) in [6, 6.07) is 8.07. The van der Waals surface area contributed by atoms with Crippen molar-refractivity contribution in [2.24, 2.45) is 0 Å². The fourth-order valence-corrected chi connectivity index (χ4v) is 2.90. The lowest BCUT2D eigenvalue weighted by molar-refractivity contribution is 0.164. The number of nitrogens with zero attached hydrogens (tertiary/aromatic N) is 3. The van der Waals surface area contributed by atoms with Gasteiger partial charge in [-0.15, -0.1) is 16.8 Å². The lowest BCUT2D eigenvalue weighted by Gasteiger charge is -2.07. The van der Waals surface area contributed by atoms with Gasteiger partial charge in [-0.1, -0.05) is 45.9 Å². The number of hydrogen-bond acceptors (Lipinski definition) is 4. The Morgan fingerprint density at radius 3 is 2.76 bits per heavy atom. The number of hydrogen-bond donors (Lipinski definition) is 0. The molecule has 1 aromatic carbocycles. The highest BCUT2D eigenvalue weighted by Crippen LogP contribution is 2.25. The zero-order chi connectivity index (χ0) is 15.1. The van der Waals surface area contributed by atoms with E-state index in [0.717, 1.165) is 40.0 Å². The largest absolute Gasteiger partial charge is 0.381 e. The van der Waals surface area contributed by atoms with E-state index in [-0.39, 0.29) is 0 Å². The fourth-order valence-electron chi connectivity index (χ4n) is 1.84. The van der Waals surface area contributed by atoms with Gasteiger partial charge in [-0.3, -0.25) is 4.57 Å². The third-order valence-corrected chi connectivity index (χ3v) is 4.25. The number of aromatic nitrogens is 3. The first kappa shape index (κ1) is 16.3. The van der Waals surface area contributed by atoms with E-state index in [1.165, 1.54) is 0 Å². The number of ether oxygens (including phenoxy) is 1. The third kappa shape index (κ3) is 4.43. The summed E-state index contributed by atoms with van der Waals surface area (Å²) in [5.74, 6) is 1.73. The number of halogens is 1. The van der Waals surface area contributed by atoms with Crippen LogP contribution in [0, 0.1) is 0 Å². The van der Waals surface area contributed by atoms with Crippen LogP contribution in [0.2, 0.25) is 0 Å². The molecule has 0 saturated heterocycles. The average Bonchev–Trinajstić information content (AvgIpc) is 2.88. The second-order valence-corrected chi connectivity index (χ2v) is 6.24. The summed E-state index contributed by atoms with van der Waals surface area (Å²) in [4.78, 5) is 0. The Hall–Kier alpha value is -1.11. The molecule has 0 N–H and O–H groups in total. The maximum absolute atomic E-state index is 5.36. The van der Waals surface area contributed by atoms with Gasteiger partial charge < -0.3 is 4.74 Å². The van der Waals surface area contributed by atoms with Crippen molar-refractivity contribution < 1.29 is 4.74 Å². The van der Waals surface area contributed by atoms with Gasteiger partial charge in [0.1, 0.15) is 0 Å². The Balaban J connectivity index is 2.19. The maximum Gasteiger partial charge on any atom is 0.191 e. The monoisotopic (exact) mass is 367 g/mol. The molecule has 21 heavy (non-hydrogen) atoms. The first-order valence-electron chi connectivity index (χ1n) is 6.76. The van der Waals surface area contributed by atoms with E-state index < -0.39 is 0 Å². The van der Waals surface area contributed by atoms with Crippen molar-refractivity contribution in [2.75, 3.05) is 19.0 Å². The SMILES string of the molecule is C=CCn1c(SCCOCC)nnc1-c1ccc(Br)cc1. The summed E-state index contributed by atoms with van der Waals surface area (Å²) in [7, 11) is 0. The van der Waals surface area contributed by atoms with Gasteiger partial charge in [0.25, 0.3) is 0 Å². The Bertz CT molecular complexity index is 583. The predicted octanol–water partition coefficient (Wildman–Crippen LogP) is 4.02. The number of rotatable bonds is 8. The summed E-state index contributed by atoms with van der Waals surface area (Å²) in [6.45, 7) is 7.96. The van der Waals surface area contributed by atoms with Crippen LogP contribution in [0.3, 0.4) is 0 Å². The summed E-state index contributed by atoms with van der Waals surface area (Å²) in [6.07, 6.45) is 1.86. The van der Waals surface area contributed by atoms with Crippen molar-refractivity contribution in [3.63, 3.8) is 0 Å². The normalized spacial score (nSPS) is 10.8. The van der Waals surface area contributed by atoms with Crippen LogP contribution in [0.5, 0.6) is 0 Å². The highest BCUT2D eigenvalue weighted by Gasteiger charge is 2.13. The van der Waals surface area contributed by atoms with Gasteiger partial charge in [0.15, 0.2) is 11.0 Å². The zero-order valence-corrected chi connectivity index (χ0v) is 14.4. The standard InChI is InChI=1S/C15H18BrN3OS/c1-3-9-19-14(12-5-7-13(16)8-6-12)17-18-15(19)21-11-10-20-4-2/h3,5-8H,1,4,9-11H2,2H3. The van der Waals surface area contributed by atoms with Crippen molar-refractivity contribution in [2.45, 2.75) is 18.6 Å². The molecule has 1 aromatic heterocycles. The molecule has 0 atom stereocenters. The second-order valence-electron chi connectivity index (χ2n) is 4.26. The molecule has 0 saturated carbocycles. The summed E-state index contributed by atoms with van der Waals surface area (Å²) in [5, 5.41) is 9.51. The minimum Gasteiger partial charge on any atom is -0.381 e. The van der Waals surface area contributed by atoms with Crippen LogP contribution in [0.15, 0.2) is 46.5 Å². The highest BCUT2D eigenvalue weighted by molar-refractivity contribution is 9.10. The lowest BCUT2D eigenvalue weighted by atomic mass is 10.2. The van der Waals surface area contributed by atoms with Gasteiger partial charge in [-0.05, 0) is 19.1 Å². The van der Waals surface area contributed by atoms with Crippen molar-refractivity contribution in [1.82, 2.24) is 14.8 Å². The molecule has 0 amide bonds. The molecule has 112 valence electrons. The van der Waals surface area contributed by atoms with E-state index >= 15 is 0 Å². The van der Waals surface area contributed by atoms with E-state index in [1.54, 1.807) is 11.8 Å². The van der Waals surface area contributed by atoms with Crippen LogP contribution in [0.1, 0.15) is 6.92 Å². The van der Waals surface area contributed by atoms with Crippen LogP contribution in [0.25, 0.3) is 11.4 Å². The second kappa shape index (κ2) is 8.36. The van der Waals surface area contributed by atoms with E-state index in [4.69, 9.17) is 4.74 Å². The highest BCUT2D eigenvalue weighted by atomic mass is 79.9. The number of thioether (sulfide) groups is 1. The Kier molecular flexibility index (Phi) is 6.48. The molecular formula is C15H18BrN3OS. The number of allylic oxidation sites excluding steroid dienone is 1. The van der Waals surface area contributed by atoms with Crippen LogP contribution >= 0.6 is 27.7 Å². The van der Waals surface area contributed by atoms with Crippen LogP contribution in [-0.4, -0.2) is 33.7 Å². The third-order valence-electron chi connectivity index (χ3n) is 2.79. The summed E-state index contributed by atoms with van der Waals surface area (Å²) in [5.41, 5.74) is 1.05. The van der Waals surface area contributed by atoms with Gasteiger partial charge in [0, 0.05) is 28.9 Å². The van der Waals surface area contributed by atoms with Crippen molar-refractivity contribution in [1.29, 1.82) is 0 Å². The molecule has 0 aliphatic carbocycles.